The molecule has 0 spiro atoms. The van der Waals surface area contributed by atoms with Gasteiger partial charge in [0.05, 0.1) is 15.6 Å². The van der Waals surface area contributed by atoms with Gasteiger partial charge in [0.1, 0.15) is 5.02 Å². The van der Waals surface area contributed by atoms with Crippen LogP contribution >= 0.6 is 34.8 Å². The average Bonchev–Trinajstić information content (AvgIpc) is 2.13. The fourth-order valence-electron chi connectivity index (χ4n) is 0.695. The highest BCUT2D eigenvalue weighted by atomic mass is 35.5. The number of rotatable bonds is 1. The Labute approximate surface area is 87.2 Å². The Morgan fingerprint density at radius 1 is 0.923 bits per heavy atom. The highest BCUT2D eigenvalue weighted by Crippen LogP contribution is 2.34. The van der Waals surface area contributed by atoms with Crippen molar-refractivity contribution in [3.63, 3.8) is 0 Å². The SMILES string of the molecule is O=[C]c1c(Cl)c(F)c(Cl)c(F)c1Cl. The van der Waals surface area contributed by atoms with Crippen LogP contribution in [0.5, 0.6) is 0 Å². The van der Waals surface area contributed by atoms with Gasteiger partial charge in [0.15, 0.2) is 11.6 Å². The summed E-state index contributed by atoms with van der Waals surface area (Å²) in [5.74, 6) is -2.44. The number of halogens is 5. The molecule has 0 bridgehead atoms. The minimum atomic E-state index is -1.22. The predicted molar refractivity (Wildman–Crippen MR) is 46.2 cm³/mol. The van der Waals surface area contributed by atoms with E-state index < -0.39 is 32.3 Å². The summed E-state index contributed by atoms with van der Waals surface area (Å²) in [6.07, 6.45) is 1.22. The lowest BCUT2D eigenvalue weighted by atomic mass is 10.2. The van der Waals surface area contributed by atoms with Crippen molar-refractivity contribution in [2.75, 3.05) is 0 Å². The first-order valence-electron chi connectivity index (χ1n) is 2.90. The summed E-state index contributed by atoms with van der Waals surface area (Å²) in [5, 5.41) is -2.10. The van der Waals surface area contributed by atoms with E-state index in [-0.39, 0.29) is 0 Å². The van der Waals surface area contributed by atoms with Crippen molar-refractivity contribution in [1.29, 1.82) is 0 Å². The molecule has 1 rings (SSSR count). The maximum absolute atomic E-state index is 12.9. The van der Waals surface area contributed by atoms with Crippen LogP contribution in [0.3, 0.4) is 0 Å². The van der Waals surface area contributed by atoms with E-state index in [4.69, 9.17) is 34.8 Å². The van der Waals surface area contributed by atoms with E-state index in [1.807, 2.05) is 0 Å². The highest BCUT2D eigenvalue weighted by molar-refractivity contribution is 6.41. The van der Waals surface area contributed by atoms with Crippen molar-refractivity contribution >= 4 is 41.1 Å². The molecular formula is C7Cl3F2O. The molecule has 1 aromatic carbocycles. The van der Waals surface area contributed by atoms with E-state index in [9.17, 15) is 13.6 Å². The third kappa shape index (κ3) is 1.64. The third-order valence-corrected chi connectivity index (χ3v) is 2.35. The molecule has 0 fully saturated rings. The molecule has 69 valence electrons. The molecule has 1 radical (unpaired) electrons. The molecule has 6 heteroatoms. The molecule has 0 aliphatic heterocycles. The topological polar surface area (TPSA) is 17.1 Å². The van der Waals surface area contributed by atoms with Crippen LogP contribution in [0.15, 0.2) is 0 Å². The molecule has 0 unspecified atom stereocenters. The summed E-state index contributed by atoms with van der Waals surface area (Å²) in [6.45, 7) is 0. The molecule has 0 aliphatic carbocycles. The Bertz CT molecular complexity index is 349. The van der Waals surface area contributed by atoms with Gasteiger partial charge in [-0.15, -0.1) is 0 Å². The third-order valence-electron chi connectivity index (χ3n) is 1.31. The normalized spacial score (nSPS) is 10.2. The Morgan fingerprint density at radius 3 is 1.62 bits per heavy atom. The van der Waals surface area contributed by atoms with E-state index >= 15 is 0 Å². The van der Waals surface area contributed by atoms with Crippen molar-refractivity contribution < 1.29 is 13.6 Å². The highest BCUT2D eigenvalue weighted by Gasteiger charge is 2.21. The number of hydrogen-bond acceptors (Lipinski definition) is 1. The minimum Gasteiger partial charge on any atom is -0.285 e. The lowest BCUT2D eigenvalue weighted by Crippen LogP contribution is -1.95. The number of benzene rings is 1. The van der Waals surface area contributed by atoms with Crippen molar-refractivity contribution in [1.82, 2.24) is 0 Å². The first-order chi connectivity index (χ1) is 6.00. The maximum atomic E-state index is 12.9. The summed E-state index contributed by atoms with van der Waals surface area (Å²) >= 11 is 15.8. The van der Waals surface area contributed by atoms with E-state index in [2.05, 4.69) is 0 Å². The molecule has 0 saturated heterocycles. The zero-order valence-corrected chi connectivity index (χ0v) is 8.07. The van der Waals surface area contributed by atoms with Crippen LogP contribution < -0.4 is 0 Å². The van der Waals surface area contributed by atoms with E-state index in [0.29, 0.717) is 0 Å². The first kappa shape index (κ1) is 10.7. The van der Waals surface area contributed by atoms with Gasteiger partial charge in [-0.25, -0.2) is 8.78 Å². The minimum absolute atomic E-state index is 0.567. The molecule has 0 N–H and O–H groups in total. The van der Waals surface area contributed by atoms with Crippen LogP contribution in [0, 0.1) is 11.6 Å². The Morgan fingerprint density at radius 2 is 1.31 bits per heavy atom. The Kier molecular flexibility index (Phi) is 3.11. The van der Waals surface area contributed by atoms with Crippen molar-refractivity contribution in [3.05, 3.63) is 32.3 Å². The quantitative estimate of drug-likeness (QED) is 0.547. The Balaban J connectivity index is 3.66. The monoisotopic (exact) mass is 243 g/mol. The van der Waals surface area contributed by atoms with Gasteiger partial charge in [-0.3, -0.25) is 4.79 Å². The molecule has 0 atom stereocenters. The smallest absolute Gasteiger partial charge is 0.236 e. The summed E-state index contributed by atoms with van der Waals surface area (Å²) in [4.78, 5) is 10.2. The molecule has 0 aromatic heterocycles. The van der Waals surface area contributed by atoms with Crippen LogP contribution in [0.1, 0.15) is 5.56 Å². The van der Waals surface area contributed by atoms with Crippen LogP contribution in [-0.4, -0.2) is 6.29 Å². The number of hydrogen-bond donors (Lipinski definition) is 0. The van der Waals surface area contributed by atoms with Crippen molar-refractivity contribution in [3.8, 4) is 0 Å². The summed E-state index contributed by atoms with van der Waals surface area (Å²) in [6, 6.07) is 0. The van der Waals surface area contributed by atoms with Crippen LogP contribution in [0.2, 0.25) is 15.1 Å². The molecule has 0 aliphatic rings. The summed E-state index contributed by atoms with van der Waals surface area (Å²) < 4.78 is 25.8. The molecule has 1 aromatic rings. The second kappa shape index (κ2) is 3.78. The molecule has 0 amide bonds. The van der Waals surface area contributed by atoms with Crippen molar-refractivity contribution in [2.24, 2.45) is 0 Å². The van der Waals surface area contributed by atoms with Crippen LogP contribution in [0.4, 0.5) is 8.78 Å². The molecule has 1 nitrogen and oxygen atoms in total. The maximum Gasteiger partial charge on any atom is 0.236 e. The zero-order valence-electron chi connectivity index (χ0n) is 5.80. The first-order valence-corrected chi connectivity index (χ1v) is 4.03. The largest absolute Gasteiger partial charge is 0.285 e. The standard InChI is InChI=1S/C7Cl3F2O/c8-3-2(1-13)4(9)7(12)5(10)6(3)11. The van der Waals surface area contributed by atoms with Crippen molar-refractivity contribution in [2.45, 2.75) is 0 Å². The van der Waals surface area contributed by atoms with Gasteiger partial charge < -0.3 is 0 Å². The predicted octanol–water partition coefficient (Wildman–Crippen LogP) is 3.38. The second-order valence-electron chi connectivity index (χ2n) is 2.05. The van der Waals surface area contributed by atoms with Gasteiger partial charge in [0, 0.05) is 0 Å². The van der Waals surface area contributed by atoms with Gasteiger partial charge >= 0.3 is 0 Å². The molecule has 13 heavy (non-hydrogen) atoms. The van der Waals surface area contributed by atoms with Gasteiger partial charge in [-0.1, -0.05) is 34.8 Å². The fourth-order valence-corrected chi connectivity index (χ4v) is 1.48. The zero-order chi connectivity index (χ0) is 10.2. The molecule has 0 heterocycles. The van der Waals surface area contributed by atoms with Crippen LogP contribution in [0.25, 0.3) is 0 Å². The van der Waals surface area contributed by atoms with E-state index in [0.717, 1.165) is 0 Å². The van der Waals surface area contributed by atoms with Gasteiger partial charge in [-0.2, -0.15) is 0 Å². The van der Waals surface area contributed by atoms with E-state index in [1.54, 1.807) is 0 Å². The van der Waals surface area contributed by atoms with E-state index in [1.165, 1.54) is 6.29 Å². The molecular weight excluding hydrogens is 244 g/mol. The lowest BCUT2D eigenvalue weighted by molar-refractivity contribution is 0.558. The fraction of sp³-hybridized carbons (Fsp3) is 0. The average molecular weight is 244 g/mol. The Hall–Kier alpha value is -0.380. The van der Waals surface area contributed by atoms with Gasteiger partial charge in [0.2, 0.25) is 6.29 Å². The van der Waals surface area contributed by atoms with Gasteiger partial charge in [0.25, 0.3) is 0 Å². The summed E-state index contributed by atoms with van der Waals surface area (Å²) in [5.41, 5.74) is -0.567. The second-order valence-corrected chi connectivity index (χ2v) is 3.18. The number of carbonyl (C=O) groups excluding carboxylic acids is 1. The van der Waals surface area contributed by atoms with Gasteiger partial charge in [-0.05, 0) is 0 Å². The lowest BCUT2D eigenvalue weighted by Gasteiger charge is -2.04. The molecule has 0 saturated carbocycles. The van der Waals surface area contributed by atoms with Crippen LogP contribution in [-0.2, 0) is 4.79 Å². The summed E-state index contributed by atoms with van der Waals surface area (Å²) in [7, 11) is 0.